The summed E-state index contributed by atoms with van der Waals surface area (Å²) in [5.41, 5.74) is 7.54. The number of carbonyl (C=O) groups excluding carboxylic acids is 1. The van der Waals surface area contributed by atoms with E-state index in [-0.39, 0.29) is 18.6 Å². The van der Waals surface area contributed by atoms with Crippen molar-refractivity contribution >= 4 is 22.5 Å². The third kappa shape index (κ3) is 1.92. The highest BCUT2D eigenvalue weighted by atomic mass is 16.3. The highest BCUT2D eigenvalue weighted by molar-refractivity contribution is 6.05. The van der Waals surface area contributed by atoms with E-state index < -0.39 is 0 Å². The number of aliphatic hydroxyl groups is 1. The molecule has 1 amide bonds. The third-order valence-electron chi connectivity index (χ3n) is 4.12. The standard InChI is InChI=1S/C14H18N4O2/c1-8-4-5-18(12(8)7-19)14(20)13-10-6-9(15)2-3-11(10)16-17-13/h2-3,6,8,12,19H,4-5,7,15H2,1H3,(H,16,17). The zero-order valence-electron chi connectivity index (χ0n) is 11.3. The van der Waals surface area contributed by atoms with Crippen LogP contribution >= 0.6 is 0 Å². The number of nitrogens with zero attached hydrogens (tertiary/aromatic N) is 2. The number of nitrogens with two attached hydrogens (primary N) is 1. The Hall–Kier alpha value is -2.08. The predicted octanol–water partition coefficient (Wildman–Crippen LogP) is 0.988. The fraction of sp³-hybridized carbons (Fsp3) is 0.429. The molecule has 1 fully saturated rings. The summed E-state index contributed by atoms with van der Waals surface area (Å²) in [6.07, 6.45) is 0.904. The van der Waals surface area contributed by atoms with E-state index >= 15 is 0 Å². The second-order valence-electron chi connectivity index (χ2n) is 5.39. The second kappa shape index (κ2) is 4.79. The van der Waals surface area contributed by atoms with Gasteiger partial charge in [-0.05, 0) is 30.5 Å². The van der Waals surface area contributed by atoms with E-state index in [1.807, 2.05) is 6.07 Å². The van der Waals surface area contributed by atoms with Crippen molar-refractivity contribution < 1.29 is 9.90 Å². The number of hydrogen-bond donors (Lipinski definition) is 3. The van der Waals surface area contributed by atoms with Crippen LogP contribution in [0.5, 0.6) is 0 Å². The number of hydrogen-bond acceptors (Lipinski definition) is 4. The van der Waals surface area contributed by atoms with Crippen molar-refractivity contribution in [1.29, 1.82) is 0 Å². The normalized spacial score (nSPS) is 22.6. The molecule has 3 rings (SSSR count). The quantitative estimate of drug-likeness (QED) is 0.712. The molecule has 106 valence electrons. The minimum Gasteiger partial charge on any atom is -0.399 e. The van der Waals surface area contributed by atoms with E-state index in [1.54, 1.807) is 17.0 Å². The number of carbonyl (C=O) groups is 1. The van der Waals surface area contributed by atoms with Crippen LogP contribution in [-0.4, -0.2) is 45.3 Å². The Kier molecular flexibility index (Phi) is 3.10. The minimum atomic E-state index is -0.148. The fourth-order valence-corrected chi connectivity index (χ4v) is 2.87. The first-order chi connectivity index (χ1) is 9.61. The zero-order chi connectivity index (χ0) is 14.3. The highest BCUT2D eigenvalue weighted by Crippen LogP contribution is 2.27. The molecule has 20 heavy (non-hydrogen) atoms. The highest BCUT2D eigenvalue weighted by Gasteiger charge is 2.35. The molecule has 1 aliphatic heterocycles. The first-order valence-electron chi connectivity index (χ1n) is 6.77. The maximum Gasteiger partial charge on any atom is 0.275 e. The average Bonchev–Trinajstić information content (AvgIpc) is 3.01. The minimum absolute atomic E-state index is 0.0165. The summed E-state index contributed by atoms with van der Waals surface area (Å²) in [4.78, 5) is 14.4. The van der Waals surface area contributed by atoms with Gasteiger partial charge in [0.05, 0.1) is 18.2 Å². The number of aromatic amines is 1. The Bertz CT molecular complexity index is 652. The van der Waals surface area contributed by atoms with E-state index in [0.717, 1.165) is 17.3 Å². The van der Waals surface area contributed by atoms with Gasteiger partial charge < -0.3 is 15.7 Å². The van der Waals surface area contributed by atoms with E-state index in [2.05, 4.69) is 17.1 Å². The number of benzene rings is 1. The molecule has 2 heterocycles. The van der Waals surface area contributed by atoms with Crippen LogP contribution in [0.25, 0.3) is 10.9 Å². The third-order valence-corrected chi connectivity index (χ3v) is 4.12. The van der Waals surface area contributed by atoms with Crippen LogP contribution in [-0.2, 0) is 0 Å². The number of amides is 1. The predicted molar refractivity (Wildman–Crippen MR) is 76.2 cm³/mol. The molecule has 2 aromatic rings. The van der Waals surface area contributed by atoms with Gasteiger partial charge in [-0.2, -0.15) is 5.10 Å². The Balaban J connectivity index is 1.98. The molecule has 6 heteroatoms. The van der Waals surface area contributed by atoms with Crippen LogP contribution in [0.4, 0.5) is 5.69 Å². The van der Waals surface area contributed by atoms with Gasteiger partial charge in [-0.25, -0.2) is 0 Å². The topological polar surface area (TPSA) is 95.2 Å². The largest absolute Gasteiger partial charge is 0.399 e. The maximum atomic E-state index is 12.6. The smallest absolute Gasteiger partial charge is 0.275 e. The van der Waals surface area contributed by atoms with Crippen LogP contribution in [0.15, 0.2) is 18.2 Å². The molecular weight excluding hydrogens is 256 g/mol. The Labute approximate surface area is 116 Å². The van der Waals surface area contributed by atoms with E-state index in [4.69, 9.17) is 5.73 Å². The van der Waals surface area contributed by atoms with Crippen LogP contribution in [0.3, 0.4) is 0 Å². The first-order valence-corrected chi connectivity index (χ1v) is 6.77. The molecule has 2 atom stereocenters. The van der Waals surface area contributed by atoms with Gasteiger partial charge in [0, 0.05) is 17.6 Å². The Morgan fingerprint density at radius 3 is 3.15 bits per heavy atom. The molecule has 0 bridgehead atoms. The number of nitrogens with one attached hydrogen (secondary N) is 1. The molecule has 1 aromatic heterocycles. The molecule has 0 spiro atoms. The molecule has 0 aliphatic carbocycles. The van der Waals surface area contributed by atoms with Gasteiger partial charge in [-0.1, -0.05) is 6.92 Å². The van der Waals surface area contributed by atoms with Gasteiger partial charge in [0.1, 0.15) is 0 Å². The summed E-state index contributed by atoms with van der Waals surface area (Å²) in [5, 5.41) is 17.2. The zero-order valence-corrected chi connectivity index (χ0v) is 11.3. The van der Waals surface area contributed by atoms with Crippen LogP contribution < -0.4 is 5.73 Å². The molecule has 4 N–H and O–H groups in total. The van der Waals surface area contributed by atoms with Gasteiger partial charge in [0.25, 0.3) is 5.91 Å². The van der Waals surface area contributed by atoms with Crippen molar-refractivity contribution in [2.45, 2.75) is 19.4 Å². The Morgan fingerprint density at radius 1 is 1.60 bits per heavy atom. The molecular formula is C14H18N4O2. The summed E-state index contributed by atoms with van der Waals surface area (Å²) in [5.74, 6) is 0.157. The number of anilines is 1. The number of H-pyrrole nitrogens is 1. The van der Waals surface area contributed by atoms with Gasteiger partial charge >= 0.3 is 0 Å². The molecule has 0 radical (unpaired) electrons. The summed E-state index contributed by atoms with van der Waals surface area (Å²) in [6.45, 7) is 2.69. The number of rotatable bonds is 2. The summed E-state index contributed by atoms with van der Waals surface area (Å²) in [7, 11) is 0. The van der Waals surface area contributed by atoms with Gasteiger partial charge in [0.15, 0.2) is 5.69 Å². The molecule has 1 aromatic carbocycles. The molecule has 0 saturated carbocycles. The van der Waals surface area contributed by atoms with Crippen molar-refractivity contribution in [2.24, 2.45) is 5.92 Å². The lowest BCUT2D eigenvalue weighted by molar-refractivity contribution is 0.0644. The molecule has 2 unspecified atom stereocenters. The monoisotopic (exact) mass is 274 g/mol. The summed E-state index contributed by atoms with van der Waals surface area (Å²) < 4.78 is 0. The lowest BCUT2D eigenvalue weighted by Crippen LogP contribution is -2.40. The fourth-order valence-electron chi connectivity index (χ4n) is 2.87. The van der Waals surface area contributed by atoms with Crippen LogP contribution in [0.2, 0.25) is 0 Å². The number of aliphatic hydroxyl groups excluding tert-OH is 1. The van der Waals surface area contributed by atoms with E-state index in [9.17, 15) is 9.90 Å². The molecule has 6 nitrogen and oxygen atoms in total. The lowest BCUT2D eigenvalue weighted by atomic mass is 10.0. The van der Waals surface area contributed by atoms with Crippen molar-refractivity contribution in [3.63, 3.8) is 0 Å². The van der Waals surface area contributed by atoms with Gasteiger partial charge in [-0.3, -0.25) is 9.89 Å². The number of nitrogen functional groups attached to an aromatic ring is 1. The van der Waals surface area contributed by atoms with E-state index in [0.29, 0.717) is 23.8 Å². The van der Waals surface area contributed by atoms with Crippen LogP contribution in [0.1, 0.15) is 23.8 Å². The lowest BCUT2D eigenvalue weighted by Gasteiger charge is -2.24. The van der Waals surface area contributed by atoms with Gasteiger partial charge in [-0.15, -0.1) is 0 Å². The summed E-state index contributed by atoms with van der Waals surface area (Å²) in [6, 6.07) is 5.20. The number of aromatic nitrogens is 2. The van der Waals surface area contributed by atoms with Gasteiger partial charge in [0.2, 0.25) is 0 Å². The molecule has 1 saturated heterocycles. The summed E-state index contributed by atoms with van der Waals surface area (Å²) >= 11 is 0. The number of likely N-dealkylation sites (tertiary alicyclic amines) is 1. The first kappa shape index (κ1) is 12.9. The second-order valence-corrected chi connectivity index (χ2v) is 5.39. The number of fused-ring (bicyclic) bond motifs is 1. The van der Waals surface area contributed by atoms with Crippen molar-refractivity contribution in [3.05, 3.63) is 23.9 Å². The Morgan fingerprint density at radius 2 is 2.40 bits per heavy atom. The van der Waals surface area contributed by atoms with Crippen LogP contribution in [0, 0.1) is 5.92 Å². The van der Waals surface area contributed by atoms with Crippen molar-refractivity contribution in [3.8, 4) is 0 Å². The molecule has 1 aliphatic rings. The average molecular weight is 274 g/mol. The van der Waals surface area contributed by atoms with Crippen molar-refractivity contribution in [2.75, 3.05) is 18.9 Å². The maximum absolute atomic E-state index is 12.6. The van der Waals surface area contributed by atoms with E-state index in [1.165, 1.54) is 0 Å². The van der Waals surface area contributed by atoms with Crippen molar-refractivity contribution in [1.82, 2.24) is 15.1 Å². The SMILES string of the molecule is CC1CCN(C(=O)c2n[nH]c3ccc(N)cc23)C1CO.